The van der Waals surface area contributed by atoms with Gasteiger partial charge in [-0.15, -0.1) is 23.5 Å². The van der Waals surface area contributed by atoms with Gasteiger partial charge in [0.1, 0.15) is 0 Å². The molecule has 2 unspecified atom stereocenters. The molecule has 1 spiro atoms. The van der Waals surface area contributed by atoms with Crippen LogP contribution in [-0.2, 0) is 0 Å². The molecule has 76 valence electrons. The van der Waals surface area contributed by atoms with Gasteiger partial charge in [-0.3, -0.25) is 0 Å². The van der Waals surface area contributed by atoms with Gasteiger partial charge in [-0.25, -0.2) is 0 Å². The SMILES string of the molecule is CC1C(C)C2(CN1C)SCCCS2. The number of hydrogen-bond donors (Lipinski definition) is 0. The van der Waals surface area contributed by atoms with Crippen LogP contribution in [0.5, 0.6) is 0 Å². The second-order valence-corrected chi connectivity index (χ2v) is 7.42. The monoisotopic (exact) mass is 217 g/mol. The Kier molecular flexibility index (Phi) is 2.87. The van der Waals surface area contributed by atoms with E-state index in [1.807, 2.05) is 0 Å². The summed E-state index contributed by atoms with van der Waals surface area (Å²) in [5.41, 5.74) is 0. The minimum absolute atomic E-state index is 0.534. The molecule has 2 atom stereocenters. The molecule has 3 heteroatoms. The largest absolute Gasteiger partial charge is 0.301 e. The van der Waals surface area contributed by atoms with Crippen molar-refractivity contribution < 1.29 is 0 Å². The molecule has 0 aliphatic carbocycles. The van der Waals surface area contributed by atoms with Gasteiger partial charge in [0.05, 0.1) is 4.08 Å². The number of nitrogens with zero attached hydrogens (tertiary/aromatic N) is 1. The first-order chi connectivity index (χ1) is 6.16. The van der Waals surface area contributed by atoms with Gasteiger partial charge in [0.25, 0.3) is 0 Å². The molecule has 0 aromatic rings. The topological polar surface area (TPSA) is 3.24 Å². The molecule has 2 fully saturated rings. The maximum absolute atomic E-state index is 2.52. The van der Waals surface area contributed by atoms with E-state index in [0.29, 0.717) is 4.08 Å². The average molecular weight is 217 g/mol. The summed E-state index contributed by atoms with van der Waals surface area (Å²) >= 11 is 4.42. The molecule has 0 radical (unpaired) electrons. The predicted octanol–water partition coefficient (Wildman–Crippen LogP) is 2.52. The van der Waals surface area contributed by atoms with Crippen LogP contribution in [0.2, 0.25) is 0 Å². The molecule has 2 aliphatic heterocycles. The van der Waals surface area contributed by atoms with Crippen LogP contribution < -0.4 is 0 Å². The molecule has 2 rings (SSSR count). The highest BCUT2D eigenvalue weighted by atomic mass is 32.2. The van der Waals surface area contributed by atoms with Gasteiger partial charge >= 0.3 is 0 Å². The van der Waals surface area contributed by atoms with Crippen molar-refractivity contribution in [1.29, 1.82) is 0 Å². The van der Waals surface area contributed by atoms with E-state index in [0.717, 1.165) is 12.0 Å². The van der Waals surface area contributed by atoms with Gasteiger partial charge in [0.15, 0.2) is 0 Å². The predicted molar refractivity (Wildman–Crippen MR) is 63.5 cm³/mol. The lowest BCUT2D eigenvalue weighted by atomic mass is 10.0. The highest BCUT2D eigenvalue weighted by Gasteiger charge is 2.48. The Morgan fingerprint density at radius 2 is 1.85 bits per heavy atom. The highest BCUT2D eigenvalue weighted by molar-refractivity contribution is 8.18. The van der Waals surface area contributed by atoms with Crippen LogP contribution in [0.3, 0.4) is 0 Å². The quantitative estimate of drug-likeness (QED) is 0.614. The summed E-state index contributed by atoms with van der Waals surface area (Å²) < 4.78 is 0.534. The summed E-state index contributed by atoms with van der Waals surface area (Å²) in [5, 5.41) is 0. The van der Waals surface area contributed by atoms with Crippen LogP contribution in [0.4, 0.5) is 0 Å². The summed E-state index contributed by atoms with van der Waals surface area (Å²) in [6.07, 6.45) is 1.40. The van der Waals surface area contributed by atoms with Crippen molar-refractivity contribution in [3.8, 4) is 0 Å². The minimum atomic E-state index is 0.534. The molecule has 2 heterocycles. The van der Waals surface area contributed by atoms with Gasteiger partial charge in [-0.2, -0.15) is 0 Å². The summed E-state index contributed by atoms with van der Waals surface area (Å²) in [6, 6.07) is 0.762. The van der Waals surface area contributed by atoms with Crippen LogP contribution in [0.1, 0.15) is 20.3 Å². The van der Waals surface area contributed by atoms with E-state index < -0.39 is 0 Å². The third-order valence-electron chi connectivity index (χ3n) is 3.56. The summed E-state index contributed by atoms with van der Waals surface area (Å²) in [5.74, 6) is 3.59. The molecule has 0 amide bonds. The molecule has 0 aromatic heterocycles. The number of thioether (sulfide) groups is 2. The molecule has 13 heavy (non-hydrogen) atoms. The lowest BCUT2D eigenvalue weighted by molar-refractivity contribution is 0.301. The van der Waals surface area contributed by atoms with Crippen LogP contribution in [0, 0.1) is 5.92 Å². The van der Waals surface area contributed by atoms with E-state index in [1.54, 1.807) is 0 Å². The summed E-state index contributed by atoms with van der Waals surface area (Å²) in [6.45, 7) is 6.08. The van der Waals surface area contributed by atoms with Gasteiger partial charge in [-0.1, -0.05) is 6.92 Å². The maximum Gasteiger partial charge on any atom is 0.0777 e. The van der Waals surface area contributed by atoms with Crippen molar-refractivity contribution in [2.45, 2.75) is 30.4 Å². The van der Waals surface area contributed by atoms with Crippen LogP contribution in [-0.4, -0.2) is 40.1 Å². The van der Waals surface area contributed by atoms with Gasteiger partial charge in [-0.05, 0) is 37.8 Å². The fourth-order valence-electron chi connectivity index (χ4n) is 2.33. The average Bonchev–Trinajstić information content (AvgIpc) is 2.33. The van der Waals surface area contributed by atoms with Gasteiger partial charge in [0, 0.05) is 12.6 Å². The van der Waals surface area contributed by atoms with Crippen LogP contribution in [0.25, 0.3) is 0 Å². The number of rotatable bonds is 0. The number of hydrogen-bond acceptors (Lipinski definition) is 3. The molecular formula is C10H19NS2. The third kappa shape index (κ3) is 1.64. The lowest BCUT2D eigenvalue weighted by Gasteiger charge is -2.36. The van der Waals surface area contributed by atoms with Crippen molar-refractivity contribution in [3.05, 3.63) is 0 Å². The van der Waals surface area contributed by atoms with E-state index in [4.69, 9.17) is 0 Å². The lowest BCUT2D eigenvalue weighted by Crippen LogP contribution is -2.33. The van der Waals surface area contributed by atoms with Crippen molar-refractivity contribution in [3.63, 3.8) is 0 Å². The van der Waals surface area contributed by atoms with E-state index in [9.17, 15) is 0 Å². The Balaban J connectivity index is 2.13. The van der Waals surface area contributed by atoms with Crippen molar-refractivity contribution in [1.82, 2.24) is 4.90 Å². The molecule has 1 nitrogen and oxygen atoms in total. The molecular weight excluding hydrogens is 198 g/mol. The smallest absolute Gasteiger partial charge is 0.0777 e. The fraction of sp³-hybridized carbons (Fsp3) is 1.00. The zero-order chi connectivity index (χ0) is 9.47. The standard InChI is InChI=1S/C10H19NS2/c1-8-9(2)11(3)7-10(8)12-5-4-6-13-10/h8-9H,4-7H2,1-3H3. The maximum atomic E-state index is 2.52. The van der Waals surface area contributed by atoms with Gasteiger partial charge in [0.2, 0.25) is 0 Å². The normalized spacial score (nSPS) is 39.9. The molecule has 0 saturated carbocycles. The van der Waals surface area contributed by atoms with E-state index in [-0.39, 0.29) is 0 Å². The molecule has 2 saturated heterocycles. The zero-order valence-electron chi connectivity index (χ0n) is 8.75. The first-order valence-corrected chi connectivity index (χ1v) is 7.11. The van der Waals surface area contributed by atoms with Gasteiger partial charge < -0.3 is 4.90 Å². The first-order valence-electron chi connectivity index (χ1n) is 5.14. The van der Waals surface area contributed by atoms with Crippen molar-refractivity contribution in [2.75, 3.05) is 25.1 Å². The van der Waals surface area contributed by atoms with E-state index in [2.05, 4.69) is 49.3 Å². The highest BCUT2D eigenvalue weighted by Crippen LogP contribution is 2.52. The van der Waals surface area contributed by atoms with Crippen LogP contribution in [0.15, 0.2) is 0 Å². The molecule has 0 bridgehead atoms. The minimum Gasteiger partial charge on any atom is -0.301 e. The van der Waals surface area contributed by atoms with Crippen molar-refractivity contribution in [2.24, 2.45) is 5.92 Å². The Hall–Kier alpha value is 0.660. The van der Waals surface area contributed by atoms with E-state index in [1.165, 1.54) is 24.5 Å². The Bertz CT molecular complexity index is 189. The third-order valence-corrected chi connectivity index (χ3v) is 7.24. The molecule has 0 aromatic carbocycles. The second kappa shape index (κ2) is 3.67. The molecule has 2 aliphatic rings. The zero-order valence-corrected chi connectivity index (χ0v) is 10.4. The Morgan fingerprint density at radius 1 is 1.23 bits per heavy atom. The van der Waals surface area contributed by atoms with Crippen molar-refractivity contribution >= 4 is 23.5 Å². The Labute approximate surface area is 90.0 Å². The first kappa shape index (κ1) is 10.2. The van der Waals surface area contributed by atoms with Crippen LogP contribution >= 0.6 is 23.5 Å². The number of likely N-dealkylation sites (tertiary alicyclic amines) is 1. The summed E-state index contributed by atoms with van der Waals surface area (Å²) in [4.78, 5) is 2.52. The van der Waals surface area contributed by atoms with E-state index >= 15 is 0 Å². The fourth-order valence-corrected chi connectivity index (χ4v) is 6.12. The summed E-state index contributed by atoms with van der Waals surface area (Å²) in [7, 11) is 2.27. The second-order valence-electron chi connectivity index (χ2n) is 4.31. The Morgan fingerprint density at radius 3 is 2.31 bits per heavy atom. The molecule has 0 N–H and O–H groups in total.